The van der Waals surface area contributed by atoms with Crippen LogP contribution in [0.25, 0.3) is 33.1 Å². The van der Waals surface area contributed by atoms with Gasteiger partial charge >= 0.3 is 6.09 Å². The number of nitrogens with one attached hydrogen (secondary N) is 1. The number of aromatic nitrogens is 3. The van der Waals surface area contributed by atoms with Crippen LogP contribution < -0.4 is 5.14 Å². The second kappa shape index (κ2) is 7.40. The first-order valence-corrected chi connectivity index (χ1v) is 11.3. The molecule has 0 aliphatic carbocycles. The van der Waals surface area contributed by atoms with E-state index >= 15 is 0 Å². The van der Waals surface area contributed by atoms with Crippen molar-refractivity contribution in [3.63, 3.8) is 0 Å². The second-order valence-electron chi connectivity index (χ2n) is 7.43. The minimum Gasteiger partial charge on any atom is -0.464 e. The first-order valence-electron chi connectivity index (χ1n) is 9.72. The number of pyridine rings is 1. The van der Waals surface area contributed by atoms with Gasteiger partial charge in [0.25, 0.3) is 0 Å². The molecule has 3 aromatic heterocycles. The summed E-state index contributed by atoms with van der Waals surface area (Å²) in [6.07, 6.45) is 3.46. The van der Waals surface area contributed by atoms with Crippen molar-refractivity contribution in [1.29, 1.82) is 0 Å². The lowest BCUT2D eigenvalue weighted by Crippen LogP contribution is -2.11. The lowest BCUT2D eigenvalue weighted by molar-refractivity contribution is 0.104. The number of carbonyl (C=O) groups is 2. The van der Waals surface area contributed by atoms with Crippen LogP contribution in [0.5, 0.6) is 0 Å². The van der Waals surface area contributed by atoms with Gasteiger partial charge in [0.2, 0.25) is 10.0 Å². The summed E-state index contributed by atoms with van der Waals surface area (Å²) < 4.78 is 24.1. The van der Waals surface area contributed by atoms with Gasteiger partial charge in [-0.2, -0.15) is 0 Å². The van der Waals surface area contributed by atoms with Crippen LogP contribution in [0.15, 0.2) is 78.1 Å². The van der Waals surface area contributed by atoms with Crippen molar-refractivity contribution in [1.82, 2.24) is 14.5 Å². The van der Waals surface area contributed by atoms with Gasteiger partial charge in [-0.25, -0.2) is 23.3 Å². The van der Waals surface area contributed by atoms with Crippen molar-refractivity contribution in [2.24, 2.45) is 5.14 Å². The molecule has 0 saturated heterocycles. The predicted octanol–water partition coefficient (Wildman–Crippen LogP) is 3.59. The van der Waals surface area contributed by atoms with Gasteiger partial charge < -0.3 is 10.1 Å². The molecular weight excluding hydrogens is 444 g/mol. The highest BCUT2D eigenvalue weighted by Gasteiger charge is 2.20. The highest BCUT2D eigenvalue weighted by Crippen LogP contribution is 2.29. The number of H-pyrrole nitrogens is 1. The van der Waals surface area contributed by atoms with Crippen molar-refractivity contribution >= 4 is 43.8 Å². The number of carbonyl (C=O) groups excluding carboxylic acids is 1. The number of primary sulfonamides is 1. The normalized spacial score (nSPS) is 11.8. The molecule has 164 valence electrons. The van der Waals surface area contributed by atoms with E-state index in [1.54, 1.807) is 54.9 Å². The largest absolute Gasteiger partial charge is 0.464 e. The average Bonchev–Trinajstić information content (AvgIpc) is 3.42. The molecule has 5 aromatic rings. The molecule has 0 fully saturated rings. The highest BCUT2D eigenvalue weighted by atomic mass is 32.2. The number of carboxylic acid groups (broad SMARTS) is 1. The Morgan fingerprint density at radius 1 is 0.970 bits per heavy atom. The molecule has 3 heterocycles. The average molecular weight is 460 g/mol. The van der Waals surface area contributed by atoms with Gasteiger partial charge in [-0.1, -0.05) is 24.3 Å². The molecule has 4 N–H and O–H groups in total. The van der Waals surface area contributed by atoms with E-state index in [-0.39, 0.29) is 10.7 Å². The number of nitrogens with two attached hydrogens (primary N) is 1. The van der Waals surface area contributed by atoms with Crippen LogP contribution in [0.3, 0.4) is 0 Å². The topological polar surface area (TPSA) is 148 Å². The van der Waals surface area contributed by atoms with Gasteiger partial charge in [0.1, 0.15) is 5.65 Å². The Hall–Kier alpha value is -4.28. The summed E-state index contributed by atoms with van der Waals surface area (Å²) in [5, 5.41) is 15.6. The van der Waals surface area contributed by atoms with Gasteiger partial charge in [0.15, 0.2) is 5.78 Å². The number of hydrogen-bond donors (Lipinski definition) is 3. The van der Waals surface area contributed by atoms with E-state index in [1.807, 2.05) is 0 Å². The molecule has 0 unspecified atom stereocenters. The molecule has 9 nitrogen and oxygen atoms in total. The summed E-state index contributed by atoms with van der Waals surface area (Å²) in [6, 6.07) is 14.4. The molecule has 0 radical (unpaired) electrons. The molecular formula is C23H16N4O5S. The van der Waals surface area contributed by atoms with Crippen molar-refractivity contribution in [2.45, 2.75) is 4.90 Å². The third-order valence-corrected chi connectivity index (χ3v) is 6.40. The van der Waals surface area contributed by atoms with E-state index in [0.29, 0.717) is 44.2 Å². The fourth-order valence-electron chi connectivity index (χ4n) is 3.86. The van der Waals surface area contributed by atoms with Gasteiger partial charge in [-0.15, -0.1) is 0 Å². The summed E-state index contributed by atoms with van der Waals surface area (Å²) in [5.74, 6) is -0.279. The molecule has 10 heteroatoms. The molecule has 0 saturated carbocycles. The zero-order valence-electron chi connectivity index (χ0n) is 16.9. The molecule has 0 aliphatic rings. The first kappa shape index (κ1) is 20.6. The Bertz CT molecular complexity index is 1680. The van der Waals surface area contributed by atoms with Crippen molar-refractivity contribution in [3.8, 4) is 11.1 Å². The van der Waals surface area contributed by atoms with Crippen LogP contribution >= 0.6 is 0 Å². The van der Waals surface area contributed by atoms with Gasteiger partial charge in [0, 0.05) is 46.1 Å². The Morgan fingerprint density at radius 3 is 2.42 bits per heavy atom. The molecule has 0 bridgehead atoms. The molecule has 33 heavy (non-hydrogen) atoms. The van der Waals surface area contributed by atoms with Gasteiger partial charge in [-0.05, 0) is 35.9 Å². The monoisotopic (exact) mass is 460 g/mol. The number of sulfonamides is 1. The fraction of sp³-hybridized carbons (Fsp3) is 0. The van der Waals surface area contributed by atoms with E-state index in [0.717, 1.165) is 4.57 Å². The summed E-state index contributed by atoms with van der Waals surface area (Å²) in [5.41, 5.74) is 3.08. The minimum absolute atomic E-state index is 0.000749. The number of aromatic amines is 1. The number of fused-ring (bicyclic) bond motifs is 2. The standard InChI is InChI=1S/C23H16N4O5S/c24-33(31,32)15-6-4-13(5-7-15)14-10-18-19(12-26-22(18)25-11-14)21(28)17-2-1-3-20-16(17)8-9-27(20)23(29)30/h1-12H,(H,25,26)(H,29,30)(H2,24,31,32). The summed E-state index contributed by atoms with van der Waals surface area (Å²) in [6.45, 7) is 0. The van der Waals surface area contributed by atoms with Gasteiger partial charge in [-0.3, -0.25) is 9.36 Å². The number of rotatable bonds is 4. The Labute approximate surface area is 187 Å². The first-order chi connectivity index (χ1) is 15.7. The van der Waals surface area contributed by atoms with Crippen molar-refractivity contribution in [2.75, 3.05) is 0 Å². The van der Waals surface area contributed by atoms with Crippen molar-refractivity contribution < 1.29 is 23.1 Å². The maximum Gasteiger partial charge on any atom is 0.415 e. The molecule has 0 aliphatic heterocycles. The molecule has 2 aromatic carbocycles. The summed E-state index contributed by atoms with van der Waals surface area (Å²) >= 11 is 0. The Balaban J connectivity index is 1.59. The van der Waals surface area contributed by atoms with Crippen molar-refractivity contribution in [3.05, 3.63) is 84.3 Å². The summed E-state index contributed by atoms with van der Waals surface area (Å²) in [4.78, 5) is 32.2. The van der Waals surface area contributed by atoms with E-state index in [1.165, 1.54) is 18.3 Å². The zero-order valence-corrected chi connectivity index (χ0v) is 17.7. The quantitative estimate of drug-likeness (QED) is 0.349. The highest BCUT2D eigenvalue weighted by molar-refractivity contribution is 7.89. The van der Waals surface area contributed by atoms with Crippen LogP contribution in [-0.2, 0) is 10.0 Å². The van der Waals surface area contributed by atoms with Crippen LogP contribution in [0, 0.1) is 0 Å². The van der Waals surface area contributed by atoms with Crippen LogP contribution in [0.2, 0.25) is 0 Å². The Morgan fingerprint density at radius 2 is 1.73 bits per heavy atom. The number of benzene rings is 2. The predicted molar refractivity (Wildman–Crippen MR) is 122 cm³/mol. The molecule has 0 spiro atoms. The third kappa shape index (κ3) is 3.47. The van der Waals surface area contributed by atoms with Crippen LogP contribution in [-0.4, -0.2) is 39.9 Å². The van der Waals surface area contributed by atoms with E-state index < -0.39 is 16.1 Å². The van der Waals surface area contributed by atoms with Gasteiger partial charge in [0.05, 0.1) is 10.4 Å². The lowest BCUT2D eigenvalue weighted by atomic mass is 9.99. The molecule has 5 rings (SSSR count). The minimum atomic E-state index is -3.80. The maximum atomic E-state index is 13.4. The Kier molecular flexibility index (Phi) is 4.62. The van der Waals surface area contributed by atoms with Crippen LogP contribution in [0.1, 0.15) is 15.9 Å². The number of hydrogen-bond acceptors (Lipinski definition) is 5. The zero-order chi connectivity index (χ0) is 23.3. The van der Waals surface area contributed by atoms with Crippen LogP contribution in [0.4, 0.5) is 4.79 Å². The van der Waals surface area contributed by atoms with E-state index in [9.17, 15) is 23.1 Å². The molecule has 0 amide bonds. The third-order valence-electron chi connectivity index (χ3n) is 5.48. The SMILES string of the molecule is NS(=O)(=O)c1ccc(-c2cnc3[nH]cc(C(=O)c4cccc5c4ccn5C(=O)O)c3c2)cc1. The fourth-order valence-corrected chi connectivity index (χ4v) is 4.38. The maximum absolute atomic E-state index is 13.4. The van der Waals surface area contributed by atoms with E-state index in [4.69, 9.17) is 5.14 Å². The number of ketones is 1. The lowest BCUT2D eigenvalue weighted by Gasteiger charge is -2.06. The smallest absolute Gasteiger partial charge is 0.415 e. The number of nitrogens with zero attached hydrogens (tertiary/aromatic N) is 2. The van der Waals surface area contributed by atoms with E-state index in [2.05, 4.69) is 9.97 Å². The molecule has 0 atom stereocenters. The summed E-state index contributed by atoms with van der Waals surface area (Å²) in [7, 11) is -3.80. The second-order valence-corrected chi connectivity index (χ2v) is 8.99.